The first-order valence-corrected chi connectivity index (χ1v) is 6.50. The van der Waals surface area contributed by atoms with E-state index in [1.165, 1.54) is 7.05 Å². The lowest BCUT2D eigenvalue weighted by Crippen LogP contribution is -2.32. The lowest BCUT2D eigenvalue weighted by atomic mass is 10.4. The molecule has 0 bridgehead atoms. The van der Waals surface area contributed by atoms with Crippen LogP contribution < -0.4 is 15.5 Å². The van der Waals surface area contributed by atoms with Gasteiger partial charge in [0.1, 0.15) is 12.4 Å². The number of nitrogens with zero attached hydrogens (tertiary/aromatic N) is 5. The Bertz CT molecular complexity index is 661. The standard InChI is InChI=1S/C12H15N7O2/c1-13-12(21)15-9-6-10-18(4-5-19(10)16-9)11(20)7-17-3-2-14-8-17/h2-3,6,8H,4-5,7H2,1H3,(H2,13,15,16,21). The van der Waals surface area contributed by atoms with Gasteiger partial charge in [-0.15, -0.1) is 0 Å². The Hall–Kier alpha value is -2.84. The topological polar surface area (TPSA) is 97.1 Å². The van der Waals surface area contributed by atoms with Gasteiger partial charge >= 0.3 is 6.03 Å². The second-order valence-electron chi connectivity index (χ2n) is 4.60. The Morgan fingerprint density at radius 3 is 2.95 bits per heavy atom. The molecule has 0 radical (unpaired) electrons. The number of fused-ring (bicyclic) bond motifs is 1. The third-order valence-corrected chi connectivity index (χ3v) is 3.22. The molecule has 0 spiro atoms. The number of nitrogens with one attached hydrogen (secondary N) is 2. The Morgan fingerprint density at radius 1 is 1.38 bits per heavy atom. The van der Waals surface area contributed by atoms with Crippen LogP contribution in [0.15, 0.2) is 24.8 Å². The number of hydrogen-bond acceptors (Lipinski definition) is 4. The second-order valence-corrected chi connectivity index (χ2v) is 4.60. The van der Waals surface area contributed by atoms with Crippen LogP contribution in [0.1, 0.15) is 0 Å². The molecule has 3 heterocycles. The van der Waals surface area contributed by atoms with E-state index in [4.69, 9.17) is 0 Å². The van der Waals surface area contributed by atoms with Crippen molar-refractivity contribution in [2.24, 2.45) is 0 Å². The van der Waals surface area contributed by atoms with Crippen molar-refractivity contribution in [3.05, 3.63) is 24.8 Å². The Balaban J connectivity index is 1.73. The minimum Gasteiger partial charge on any atom is -0.341 e. The molecule has 3 rings (SSSR count). The second kappa shape index (κ2) is 5.27. The van der Waals surface area contributed by atoms with Crippen LogP contribution in [0.5, 0.6) is 0 Å². The molecule has 9 nitrogen and oxygen atoms in total. The number of imidazole rings is 1. The Kier molecular flexibility index (Phi) is 3.30. The zero-order chi connectivity index (χ0) is 14.8. The van der Waals surface area contributed by atoms with Crippen molar-refractivity contribution in [2.75, 3.05) is 23.8 Å². The Morgan fingerprint density at radius 2 is 2.24 bits per heavy atom. The normalized spacial score (nSPS) is 13.1. The van der Waals surface area contributed by atoms with Crippen molar-refractivity contribution in [3.63, 3.8) is 0 Å². The highest BCUT2D eigenvalue weighted by Gasteiger charge is 2.27. The molecule has 0 atom stereocenters. The lowest BCUT2D eigenvalue weighted by molar-refractivity contribution is -0.119. The molecule has 1 aliphatic heterocycles. The zero-order valence-electron chi connectivity index (χ0n) is 11.5. The number of hydrogen-bond donors (Lipinski definition) is 2. The van der Waals surface area contributed by atoms with Crippen LogP contribution in [0.2, 0.25) is 0 Å². The van der Waals surface area contributed by atoms with E-state index in [1.54, 1.807) is 38.9 Å². The highest BCUT2D eigenvalue weighted by Crippen LogP contribution is 2.24. The Labute approximate surface area is 120 Å². The molecular formula is C12H15N7O2. The maximum Gasteiger partial charge on any atom is 0.320 e. The monoisotopic (exact) mass is 289 g/mol. The third-order valence-electron chi connectivity index (χ3n) is 3.22. The number of carbonyl (C=O) groups is 2. The van der Waals surface area contributed by atoms with Gasteiger partial charge in [-0.2, -0.15) is 5.10 Å². The number of rotatable bonds is 3. The smallest absolute Gasteiger partial charge is 0.320 e. The zero-order valence-corrected chi connectivity index (χ0v) is 11.5. The molecule has 2 N–H and O–H groups in total. The molecule has 0 saturated heterocycles. The van der Waals surface area contributed by atoms with Crippen LogP contribution >= 0.6 is 0 Å². The highest BCUT2D eigenvalue weighted by molar-refractivity contribution is 5.94. The van der Waals surface area contributed by atoms with Crippen LogP contribution in [0.4, 0.5) is 16.4 Å². The van der Waals surface area contributed by atoms with Gasteiger partial charge < -0.3 is 9.88 Å². The summed E-state index contributed by atoms with van der Waals surface area (Å²) < 4.78 is 3.42. The fraction of sp³-hybridized carbons (Fsp3) is 0.333. The first-order valence-electron chi connectivity index (χ1n) is 6.50. The summed E-state index contributed by atoms with van der Waals surface area (Å²) in [5.41, 5.74) is 0. The summed E-state index contributed by atoms with van der Waals surface area (Å²) >= 11 is 0. The van der Waals surface area contributed by atoms with E-state index >= 15 is 0 Å². The molecule has 0 aliphatic carbocycles. The minimum atomic E-state index is -0.344. The molecule has 0 unspecified atom stereocenters. The quantitative estimate of drug-likeness (QED) is 0.823. The highest BCUT2D eigenvalue weighted by atomic mass is 16.2. The van der Waals surface area contributed by atoms with Gasteiger partial charge in [-0.1, -0.05) is 0 Å². The van der Waals surface area contributed by atoms with Crippen LogP contribution in [-0.2, 0) is 17.9 Å². The van der Waals surface area contributed by atoms with E-state index in [9.17, 15) is 9.59 Å². The molecular weight excluding hydrogens is 274 g/mol. The molecule has 0 fully saturated rings. The summed E-state index contributed by atoms with van der Waals surface area (Å²) in [6.07, 6.45) is 4.97. The average molecular weight is 289 g/mol. The van der Waals surface area contributed by atoms with Gasteiger partial charge in [-0.3, -0.25) is 15.0 Å². The first-order chi connectivity index (χ1) is 10.2. The van der Waals surface area contributed by atoms with Crippen LogP contribution in [0, 0.1) is 0 Å². The number of carbonyl (C=O) groups excluding carboxylic acids is 2. The van der Waals surface area contributed by atoms with Gasteiger partial charge in [0.05, 0.1) is 12.9 Å². The molecule has 21 heavy (non-hydrogen) atoms. The summed E-state index contributed by atoms with van der Waals surface area (Å²) in [7, 11) is 1.53. The van der Waals surface area contributed by atoms with Crippen LogP contribution in [0.25, 0.3) is 0 Å². The largest absolute Gasteiger partial charge is 0.341 e. The third kappa shape index (κ3) is 2.57. The maximum absolute atomic E-state index is 12.3. The van der Waals surface area contributed by atoms with Gasteiger partial charge in [0, 0.05) is 32.1 Å². The summed E-state index contributed by atoms with van der Waals surface area (Å²) in [5, 5.41) is 9.28. The first kappa shape index (κ1) is 13.2. The van der Waals surface area contributed by atoms with E-state index < -0.39 is 0 Å². The molecule has 1 aliphatic rings. The molecule has 9 heteroatoms. The van der Waals surface area contributed by atoms with E-state index in [1.807, 2.05) is 0 Å². The summed E-state index contributed by atoms with van der Waals surface area (Å²) in [5.74, 6) is 1.06. The summed E-state index contributed by atoms with van der Waals surface area (Å²) in [6, 6.07) is 1.34. The van der Waals surface area contributed by atoms with Crippen molar-refractivity contribution in [1.82, 2.24) is 24.6 Å². The van der Waals surface area contributed by atoms with Gasteiger partial charge in [-0.05, 0) is 0 Å². The van der Waals surface area contributed by atoms with Crippen molar-refractivity contribution in [1.29, 1.82) is 0 Å². The lowest BCUT2D eigenvalue weighted by Gasteiger charge is -2.14. The number of aromatic nitrogens is 4. The fourth-order valence-corrected chi connectivity index (χ4v) is 2.21. The maximum atomic E-state index is 12.3. The molecule has 0 aromatic carbocycles. The van der Waals surface area contributed by atoms with Gasteiger partial charge in [0.15, 0.2) is 5.82 Å². The number of urea groups is 1. The summed E-state index contributed by atoms with van der Waals surface area (Å²) in [6.45, 7) is 1.42. The fourth-order valence-electron chi connectivity index (χ4n) is 2.21. The average Bonchev–Trinajstić information content (AvgIpc) is 3.14. The van der Waals surface area contributed by atoms with Crippen molar-refractivity contribution in [3.8, 4) is 0 Å². The molecule has 0 saturated carbocycles. The predicted molar refractivity (Wildman–Crippen MR) is 74.9 cm³/mol. The van der Waals surface area contributed by atoms with E-state index in [0.29, 0.717) is 24.7 Å². The van der Waals surface area contributed by atoms with Gasteiger partial charge in [0.25, 0.3) is 0 Å². The van der Waals surface area contributed by atoms with E-state index in [0.717, 1.165) is 0 Å². The number of amides is 3. The summed E-state index contributed by atoms with van der Waals surface area (Å²) in [4.78, 5) is 29.1. The van der Waals surface area contributed by atoms with E-state index in [2.05, 4.69) is 20.7 Å². The van der Waals surface area contributed by atoms with Gasteiger partial charge in [-0.25, -0.2) is 14.5 Å². The van der Waals surface area contributed by atoms with Crippen LogP contribution in [0.3, 0.4) is 0 Å². The van der Waals surface area contributed by atoms with Crippen molar-refractivity contribution >= 4 is 23.6 Å². The molecule has 3 amide bonds. The predicted octanol–water partition coefficient (Wildman–Crippen LogP) is -0.122. The molecule has 2 aromatic rings. The van der Waals surface area contributed by atoms with Crippen molar-refractivity contribution in [2.45, 2.75) is 13.1 Å². The molecule has 110 valence electrons. The SMILES string of the molecule is CNC(=O)Nc1cc2n(n1)CCN2C(=O)Cn1ccnc1. The van der Waals surface area contributed by atoms with Crippen LogP contribution in [-0.4, -0.2) is 44.9 Å². The van der Waals surface area contributed by atoms with Gasteiger partial charge in [0.2, 0.25) is 5.91 Å². The number of anilines is 2. The van der Waals surface area contributed by atoms with Crippen molar-refractivity contribution < 1.29 is 9.59 Å². The minimum absolute atomic E-state index is 0.0434. The molecule has 2 aromatic heterocycles. The van der Waals surface area contributed by atoms with E-state index in [-0.39, 0.29) is 18.5 Å².